The molecule has 0 bridgehead atoms. The summed E-state index contributed by atoms with van der Waals surface area (Å²) in [7, 11) is 0. The molecule has 13 heavy (non-hydrogen) atoms. The normalized spacial score (nSPS) is 16.2. The summed E-state index contributed by atoms with van der Waals surface area (Å²) in [6, 6.07) is 0. The summed E-state index contributed by atoms with van der Waals surface area (Å²) in [5, 5.41) is 0. The highest BCUT2D eigenvalue weighted by molar-refractivity contribution is 14.1. The first kappa shape index (κ1) is 14.3. The standard InChI is InChI=1S/C9H17Cl2IO/c1-7(2)3-4-13-9(6-11)8(12)5-10/h7-9H,3-6H2,1-2H3. The number of hydrogen-bond donors (Lipinski definition) is 0. The predicted octanol–water partition coefficient (Wildman–Crippen LogP) is 3.70. The predicted molar refractivity (Wildman–Crippen MR) is 68.4 cm³/mol. The molecule has 0 amide bonds. The highest BCUT2D eigenvalue weighted by Gasteiger charge is 2.17. The molecule has 2 unspecified atom stereocenters. The first-order valence-electron chi connectivity index (χ1n) is 4.49. The molecule has 2 atom stereocenters. The monoisotopic (exact) mass is 338 g/mol. The van der Waals surface area contributed by atoms with E-state index < -0.39 is 0 Å². The lowest BCUT2D eigenvalue weighted by atomic mass is 10.1. The molecule has 0 aromatic rings. The maximum absolute atomic E-state index is 5.77. The molecular formula is C9H17Cl2IO. The van der Waals surface area contributed by atoms with Crippen molar-refractivity contribution in [2.75, 3.05) is 18.4 Å². The van der Waals surface area contributed by atoms with Crippen LogP contribution in [-0.2, 0) is 4.74 Å². The Hall–Kier alpha value is 1.27. The maximum atomic E-state index is 5.77. The number of hydrogen-bond acceptors (Lipinski definition) is 1. The fraction of sp³-hybridized carbons (Fsp3) is 1.00. The average Bonchev–Trinajstić information content (AvgIpc) is 2.11. The molecule has 0 saturated carbocycles. The van der Waals surface area contributed by atoms with Gasteiger partial charge in [0.1, 0.15) is 0 Å². The van der Waals surface area contributed by atoms with E-state index >= 15 is 0 Å². The van der Waals surface area contributed by atoms with Crippen molar-refractivity contribution in [2.24, 2.45) is 5.92 Å². The number of ether oxygens (including phenoxy) is 1. The van der Waals surface area contributed by atoms with Crippen LogP contribution < -0.4 is 0 Å². The van der Waals surface area contributed by atoms with Crippen LogP contribution in [0.4, 0.5) is 0 Å². The number of alkyl halides is 3. The number of rotatable bonds is 7. The van der Waals surface area contributed by atoms with Crippen molar-refractivity contribution in [1.29, 1.82) is 0 Å². The molecule has 0 aliphatic rings. The minimum absolute atomic E-state index is 0.0958. The lowest BCUT2D eigenvalue weighted by Crippen LogP contribution is -2.28. The molecule has 80 valence electrons. The molecule has 0 N–H and O–H groups in total. The average molecular weight is 339 g/mol. The van der Waals surface area contributed by atoms with Crippen molar-refractivity contribution in [3.8, 4) is 0 Å². The second-order valence-corrected chi connectivity index (χ2v) is 5.63. The van der Waals surface area contributed by atoms with Gasteiger partial charge in [0.05, 0.1) is 10.0 Å². The van der Waals surface area contributed by atoms with Crippen LogP contribution >= 0.6 is 45.8 Å². The van der Waals surface area contributed by atoms with Gasteiger partial charge in [-0.2, -0.15) is 0 Å². The van der Waals surface area contributed by atoms with E-state index in [1.165, 1.54) is 0 Å². The summed E-state index contributed by atoms with van der Waals surface area (Å²) in [4.78, 5) is 0. The SMILES string of the molecule is CC(C)CCOC(CCl)C(I)CCl. The van der Waals surface area contributed by atoms with E-state index in [2.05, 4.69) is 36.4 Å². The van der Waals surface area contributed by atoms with Gasteiger partial charge in [-0.3, -0.25) is 0 Å². The van der Waals surface area contributed by atoms with Gasteiger partial charge >= 0.3 is 0 Å². The summed E-state index contributed by atoms with van der Waals surface area (Å²) < 4.78 is 5.94. The summed E-state index contributed by atoms with van der Waals surface area (Å²) in [6.07, 6.45) is 1.18. The molecule has 0 aromatic carbocycles. The van der Waals surface area contributed by atoms with Gasteiger partial charge in [0, 0.05) is 18.4 Å². The first-order chi connectivity index (χ1) is 6.11. The van der Waals surface area contributed by atoms with Crippen molar-refractivity contribution in [2.45, 2.75) is 30.3 Å². The Morgan fingerprint density at radius 2 is 1.85 bits per heavy atom. The lowest BCUT2D eigenvalue weighted by molar-refractivity contribution is 0.0653. The van der Waals surface area contributed by atoms with Gasteiger partial charge in [-0.05, 0) is 12.3 Å². The van der Waals surface area contributed by atoms with Gasteiger partial charge in [-0.25, -0.2) is 0 Å². The fourth-order valence-corrected chi connectivity index (χ4v) is 2.07. The smallest absolute Gasteiger partial charge is 0.0839 e. The number of halogens is 3. The molecule has 0 aliphatic carbocycles. The molecule has 1 nitrogen and oxygen atoms in total. The largest absolute Gasteiger partial charge is 0.376 e. The molecule has 0 aliphatic heterocycles. The maximum Gasteiger partial charge on any atom is 0.0839 e. The van der Waals surface area contributed by atoms with E-state index in [9.17, 15) is 0 Å². The van der Waals surface area contributed by atoms with E-state index in [0.29, 0.717) is 21.6 Å². The summed E-state index contributed by atoms with van der Waals surface area (Å²) in [6.45, 7) is 5.15. The molecule has 0 aromatic heterocycles. The second-order valence-electron chi connectivity index (χ2n) is 3.42. The third-order valence-corrected chi connectivity index (χ3v) is 4.13. The highest BCUT2D eigenvalue weighted by atomic mass is 127. The third-order valence-electron chi connectivity index (χ3n) is 1.73. The molecule has 0 spiro atoms. The minimum Gasteiger partial charge on any atom is -0.376 e. The van der Waals surface area contributed by atoms with Gasteiger partial charge in [-0.1, -0.05) is 36.4 Å². The van der Waals surface area contributed by atoms with Gasteiger partial charge in [-0.15, -0.1) is 23.2 Å². The molecule has 0 radical (unpaired) electrons. The van der Waals surface area contributed by atoms with E-state index in [1.807, 2.05) is 0 Å². The van der Waals surface area contributed by atoms with Crippen LogP contribution in [0.25, 0.3) is 0 Å². The van der Waals surface area contributed by atoms with E-state index in [1.54, 1.807) is 0 Å². The molecule has 4 heteroatoms. The molecule has 0 rings (SSSR count). The topological polar surface area (TPSA) is 9.23 Å². The Morgan fingerprint density at radius 1 is 1.23 bits per heavy atom. The Morgan fingerprint density at radius 3 is 2.23 bits per heavy atom. The molecule has 0 saturated heterocycles. The van der Waals surface area contributed by atoms with Gasteiger partial charge in [0.15, 0.2) is 0 Å². The van der Waals surface area contributed by atoms with Crippen LogP contribution in [0.1, 0.15) is 20.3 Å². The third kappa shape index (κ3) is 7.23. The van der Waals surface area contributed by atoms with Gasteiger partial charge in [0.25, 0.3) is 0 Å². The van der Waals surface area contributed by atoms with Crippen LogP contribution in [0.3, 0.4) is 0 Å². The zero-order valence-electron chi connectivity index (χ0n) is 8.10. The van der Waals surface area contributed by atoms with Crippen molar-refractivity contribution in [1.82, 2.24) is 0 Å². The first-order valence-corrected chi connectivity index (χ1v) is 6.80. The van der Waals surface area contributed by atoms with Crippen molar-refractivity contribution >= 4 is 45.8 Å². The molecular weight excluding hydrogens is 322 g/mol. The van der Waals surface area contributed by atoms with Crippen LogP contribution in [0, 0.1) is 5.92 Å². The van der Waals surface area contributed by atoms with E-state index in [0.717, 1.165) is 13.0 Å². The zero-order chi connectivity index (χ0) is 10.3. The second kappa shape index (κ2) is 8.57. The van der Waals surface area contributed by atoms with Crippen molar-refractivity contribution in [3.63, 3.8) is 0 Å². The van der Waals surface area contributed by atoms with Crippen LogP contribution in [0.2, 0.25) is 0 Å². The summed E-state index contributed by atoms with van der Waals surface area (Å²) >= 11 is 13.8. The van der Waals surface area contributed by atoms with Gasteiger partial charge < -0.3 is 4.74 Å². The fourth-order valence-electron chi connectivity index (χ4n) is 0.800. The van der Waals surface area contributed by atoms with E-state index in [4.69, 9.17) is 27.9 Å². The van der Waals surface area contributed by atoms with Crippen LogP contribution in [0.15, 0.2) is 0 Å². The van der Waals surface area contributed by atoms with Gasteiger partial charge in [0.2, 0.25) is 0 Å². The Kier molecular flexibility index (Phi) is 9.41. The minimum atomic E-state index is 0.0958. The molecule has 0 fully saturated rings. The Labute approximate surface area is 105 Å². The zero-order valence-corrected chi connectivity index (χ0v) is 11.8. The van der Waals surface area contributed by atoms with E-state index in [-0.39, 0.29) is 6.10 Å². The van der Waals surface area contributed by atoms with Crippen LogP contribution in [0.5, 0.6) is 0 Å². The van der Waals surface area contributed by atoms with Crippen LogP contribution in [-0.4, -0.2) is 28.4 Å². The Bertz CT molecular complexity index is 122. The Balaban J connectivity index is 3.59. The summed E-state index contributed by atoms with van der Waals surface area (Å²) in [5.74, 6) is 1.80. The van der Waals surface area contributed by atoms with Crippen molar-refractivity contribution < 1.29 is 4.74 Å². The highest BCUT2D eigenvalue weighted by Crippen LogP contribution is 2.14. The summed E-state index contributed by atoms with van der Waals surface area (Å²) in [5.41, 5.74) is 0. The quantitative estimate of drug-likeness (QED) is 0.508. The molecule has 0 heterocycles. The van der Waals surface area contributed by atoms with Crippen molar-refractivity contribution in [3.05, 3.63) is 0 Å². The lowest BCUT2D eigenvalue weighted by Gasteiger charge is -2.19.